The van der Waals surface area contributed by atoms with E-state index in [1.54, 1.807) is 13.4 Å². The van der Waals surface area contributed by atoms with Crippen LogP contribution in [0, 0.1) is 0 Å². The van der Waals surface area contributed by atoms with Crippen molar-refractivity contribution in [3.8, 4) is 0 Å². The van der Waals surface area contributed by atoms with Crippen LogP contribution in [-0.2, 0) is 4.74 Å². The Morgan fingerprint density at radius 2 is 2.39 bits per heavy atom. The molecule has 1 aliphatic heterocycles. The first-order chi connectivity index (χ1) is 8.76. The summed E-state index contributed by atoms with van der Waals surface area (Å²) in [4.78, 5) is 10.9. The van der Waals surface area contributed by atoms with Crippen LogP contribution < -0.4 is 10.2 Å². The molecule has 1 N–H and O–H groups in total. The summed E-state index contributed by atoms with van der Waals surface area (Å²) in [7, 11) is 1.76. The molecule has 100 valence electrons. The highest BCUT2D eigenvalue weighted by Crippen LogP contribution is 2.31. The predicted octanol–water partition coefficient (Wildman–Crippen LogP) is 2.29. The maximum atomic E-state index is 5.38. The third kappa shape index (κ3) is 2.92. The number of methoxy groups -OCH3 is 1. The molecule has 0 bridgehead atoms. The summed E-state index contributed by atoms with van der Waals surface area (Å²) in [5.74, 6) is 1.81. The molecule has 5 nitrogen and oxygen atoms in total. The van der Waals surface area contributed by atoms with Crippen molar-refractivity contribution < 1.29 is 4.74 Å². The molecule has 0 aromatic carbocycles. The smallest absolute Gasteiger partial charge is 0.148 e. The summed E-state index contributed by atoms with van der Waals surface area (Å²) >= 11 is 3.59. The molecule has 6 heteroatoms. The molecule has 1 aromatic rings. The Kier molecular flexibility index (Phi) is 4.77. The molecule has 0 saturated carbocycles. The predicted molar refractivity (Wildman–Crippen MR) is 76.1 cm³/mol. The van der Waals surface area contributed by atoms with Gasteiger partial charge in [-0.15, -0.1) is 0 Å². The summed E-state index contributed by atoms with van der Waals surface area (Å²) in [6.45, 7) is 4.91. The Hall–Kier alpha value is -0.880. The Morgan fingerprint density at radius 1 is 1.56 bits per heavy atom. The highest BCUT2D eigenvalue weighted by atomic mass is 79.9. The molecule has 0 aliphatic carbocycles. The summed E-state index contributed by atoms with van der Waals surface area (Å²) < 4.78 is 6.32. The molecule has 1 aliphatic rings. The van der Waals surface area contributed by atoms with E-state index in [4.69, 9.17) is 4.74 Å². The summed E-state index contributed by atoms with van der Waals surface area (Å²) in [5.41, 5.74) is 0. The molecule has 18 heavy (non-hydrogen) atoms. The summed E-state index contributed by atoms with van der Waals surface area (Å²) in [6.07, 6.45) is 4.03. The third-order valence-electron chi connectivity index (χ3n) is 3.09. The first kappa shape index (κ1) is 13.5. The number of halogens is 1. The van der Waals surface area contributed by atoms with Crippen molar-refractivity contribution in [3.63, 3.8) is 0 Å². The highest BCUT2D eigenvalue weighted by Gasteiger charge is 2.25. The fourth-order valence-electron chi connectivity index (χ4n) is 2.06. The quantitative estimate of drug-likeness (QED) is 0.903. The minimum absolute atomic E-state index is 0.305. The molecular formula is C12H19BrN4O. The van der Waals surface area contributed by atoms with Crippen LogP contribution in [0.1, 0.15) is 19.8 Å². The van der Waals surface area contributed by atoms with Gasteiger partial charge in [-0.25, -0.2) is 9.97 Å². The summed E-state index contributed by atoms with van der Waals surface area (Å²) in [5, 5.41) is 3.30. The molecule has 1 saturated heterocycles. The first-order valence-corrected chi connectivity index (χ1v) is 7.07. The lowest BCUT2D eigenvalue weighted by Crippen LogP contribution is -2.24. The number of rotatable bonds is 5. The lowest BCUT2D eigenvalue weighted by molar-refractivity contribution is 0.121. The first-order valence-electron chi connectivity index (χ1n) is 6.28. The molecule has 0 radical (unpaired) electrons. The number of ether oxygens (including phenoxy) is 1. The Bertz CT molecular complexity index is 402. The fourth-order valence-corrected chi connectivity index (χ4v) is 2.66. The number of hydrogen-bond acceptors (Lipinski definition) is 5. The Labute approximate surface area is 116 Å². The van der Waals surface area contributed by atoms with E-state index in [0.29, 0.717) is 6.10 Å². The van der Waals surface area contributed by atoms with E-state index in [0.717, 1.165) is 48.6 Å². The lowest BCUT2D eigenvalue weighted by atomic mass is 10.3. The molecule has 1 fully saturated rings. The zero-order valence-electron chi connectivity index (χ0n) is 10.8. The average molecular weight is 315 g/mol. The van der Waals surface area contributed by atoms with Crippen LogP contribution in [0.25, 0.3) is 0 Å². The zero-order valence-corrected chi connectivity index (χ0v) is 12.4. The van der Waals surface area contributed by atoms with E-state index < -0.39 is 0 Å². The fraction of sp³-hybridized carbons (Fsp3) is 0.667. The number of anilines is 2. The van der Waals surface area contributed by atoms with Gasteiger partial charge in [-0.2, -0.15) is 0 Å². The van der Waals surface area contributed by atoms with Gasteiger partial charge in [-0.05, 0) is 28.8 Å². The van der Waals surface area contributed by atoms with Gasteiger partial charge in [-0.1, -0.05) is 6.92 Å². The van der Waals surface area contributed by atoms with Gasteiger partial charge in [0, 0.05) is 26.7 Å². The van der Waals surface area contributed by atoms with Crippen LogP contribution in [0.4, 0.5) is 11.6 Å². The number of aromatic nitrogens is 2. The molecule has 2 heterocycles. The van der Waals surface area contributed by atoms with Crippen LogP contribution in [0.15, 0.2) is 10.8 Å². The highest BCUT2D eigenvalue weighted by molar-refractivity contribution is 9.10. The van der Waals surface area contributed by atoms with Crippen molar-refractivity contribution in [1.29, 1.82) is 0 Å². The van der Waals surface area contributed by atoms with Gasteiger partial charge in [0.25, 0.3) is 0 Å². The standard InChI is InChI=1S/C12H19BrN4O/c1-3-5-14-11-10(13)12(16-8-15-11)17-6-4-9(7-17)18-2/h8-9H,3-7H2,1-2H3,(H,14,15,16). The van der Waals surface area contributed by atoms with Crippen LogP contribution in [0.5, 0.6) is 0 Å². The largest absolute Gasteiger partial charge is 0.380 e. The van der Waals surface area contributed by atoms with E-state index in [2.05, 4.69) is 43.0 Å². The van der Waals surface area contributed by atoms with E-state index >= 15 is 0 Å². The molecule has 1 atom stereocenters. The normalized spacial score (nSPS) is 19.3. The number of nitrogens with zero attached hydrogens (tertiary/aromatic N) is 3. The second kappa shape index (κ2) is 6.33. The minimum atomic E-state index is 0.305. The van der Waals surface area contributed by atoms with Crippen LogP contribution in [-0.4, -0.2) is 42.8 Å². The molecule has 0 spiro atoms. The maximum absolute atomic E-state index is 5.38. The minimum Gasteiger partial charge on any atom is -0.380 e. The molecule has 1 unspecified atom stereocenters. The van der Waals surface area contributed by atoms with Gasteiger partial charge < -0.3 is 15.0 Å². The topological polar surface area (TPSA) is 50.3 Å². The van der Waals surface area contributed by atoms with Gasteiger partial charge in [0.15, 0.2) is 0 Å². The zero-order chi connectivity index (χ0) is 13.0. The van der Waals surface area contributed by atoms with E-state index in [1.165, 1.54) is 0 Å². The van der Waals surface area contributed by atoms with Gasteiger partial charge in [0.2, 0.25) is 0 Å². The maximum Gasteiger partial charge on any atom is 0.148 e. The third-order valence-corrected chi connectivity index (χ3v) is 3.82. The van der Waals surface area contributed by atoms with Crippen molar-refractivity contribution in [2.24, 2.45) is 0 Å². The van der Waals surface area contributed by atoms with Gasteiger partial charge in [0.05, 0.1) is 6.10 Å². The van der Waals surface area contributed by atoms with Crippen LogP contribution >= 0.6 is 15.9 Å². The van der Waals surface area contributed by atoms with Crippen molar-refractivity contribution in [2.45, 2.75) is 25.9 Å². The Balaban J connectivity index is 2.13. The van der Waals surface area contributed by atoms with Crippen molar-refractivity contribution >= 4 is 27.6 Å². The van der Waals surface area contributed by atoms with Crippen LogP contribution in [0.3, 0.4) is 0 Å². The monoisotopic (exact) mass is 314 g/mol. The summed E-state index contributed by atoms with van der Waals surface area (Å²) in [6, 6.07) is 0. The van der Waals surface area contributed by atoms with Crippen molar-refractivity contribution in [2.75, 3.05) is 37.0 Å². The van der Waals surface area contributed by atoms with E-state index in [-0.39, 0.29) is 0 Å². The molecule has 1 aromatic heterocycles. The SMILES string of the molecule is CCCNc1ncnc(N2CCC(OC)C2)c1Br. The van der Waals surface area contributed by atoms with Gasteiger partial charge >= 0.3 is 0 Å². The Morgan fingerprint density at radius 3 is 3.06 bits per heavy atom. The van der Waals surface area contributed by atoms with E-state index in [1.807, 2.05) is 0 Å². The number of hydrogen-bond donors (Lipinski definition) is 1. The molecule has 2 rings (SSSR count). The van der Waals surface area contributed by atoms with Crippen molar-refractivity contribution in [3.05, 3.63) is 10.8 Å². The second-order valence-electron chi connectivity index (χ2n) is 4.38. The number of nitrogens with one attached hydrogen (secondary N) is 1. The van der Waals surface area contributed by atoms with Gasteiger partial charge in [-0.3, -0.25) is 0 Å². The van der Waals surface area contributed by atoms with Crippen LogP contribution in [0.2, 0.25) is 0 Å². The van der Waals surface area contributed by atoms with E-state index in [9.17, 15) is 0 Å². The second-order valence-corrected chi connectivity index (χ2v) is 5.17. The van der Waals surface area contributed by atoms with Gasteiger partial charge in [0.1, 0.15) is 22.4 Å². The molecule has 0 amide bonds. The lowest BCUT2D eigenvalue weighted by Gasteiger charge is -2.19. The average Bonchev–Trinajstić information content (AvgIpc) is 2.86. The van der Waals surface area contributed by atoms with Crippen molar-refractivity contribution in [1.82, 2.24) is 9.97 Å². The molecular weight excluding hydrogens is 296 g/mol.